The fourth-order valence-corrected chi connectivity index (χ4v) is 1.04. The third-order valence-corrected chi connectivity index (χ3v) is 1.82. The van der Waals surface area contributed by atoms with E-state index in [0.29, 0.717) is 0 Å². The molecule has 0 bridgehead atoms. The maximum Gasteiger partial charge on any atom is 0.287 e. The van der Waals surface area contributed by atoms with E-state index in [1.807, 2.05) is 5.32 Å². The highest BCUT2D eigenvalue weighted by molar-refractivity contribution is 5.54. The number of aliphatic hydroxyl groups is 1. The Balaban J connectivity index is 2.82. The van der Waals surface area contributed by atoms with Crippen LogP contribution >= 0.6 is 0 Å². The second-order valence-corrected chi connectivity index (χ2v) is 3.23. The molecule has 0 saturated carbocycles. The van der Waals surface area contributed by atoms with Gasteiger partial charge in [0.2, 0.25) is 0 Å². The van der Waals surface area contributed by atoms with E-state index in [1.165, 1.54) is 0 Å². The van der Waals surface area contributed by atoms with E-state index in [1.54, 1.807) is 0 Å². The minimum atomic E-state index is -3.44. The molecule has 0 atom stereocenters. The van der Waals surface area contributed by atoms with Crippen molar-refractivity contribution in [1.82, 2.24) is 0 Å². The molecule has 3 nitrogen and oxygen atoms in total. The van der Waals surface area contributed by atoms with Gasteiger partial charge in [-0.15, -0.1) is 0 Å². The number of aliphatic hydroxyl groups excluding tert-OH is 1. The van der Waals surface area contributed by atoms with Crippen molar-refractivity contribution in [2.24, 2.45) is 0 Å². The molecule has 0 saturated heterocycles. The summed E-state index contributed by atoms with van der Waals surface area (Å²) in [6.07, 6.45) is 0. The molecular weight excluding hydrogens is 228 g/mol. The zero-order chi connectivity index (χ0) is 12.3. The SMILES string of the molecule is Nc1cc(F)c(NCC(F)(F)CO)c(F)c1. The first-order valence-corrected chi connectivity index (χ1v) is 4.33. The fourth-order valence-electron chi connectivity index (χ4n) is 1.04. The highest BCUT2D eigenvalue weighted by Gasteiger charge is 2.28. The van der Waals surface area contributed by atoms with Gasteiger partial charge in [0.05, 0.1) is 6.54 Å². The Bertz CT molecular complexity index is 361. The molecule has 0 fully saturated rings. The number of halogens is 4. The van der Waals surface area contributed by atoms with Crippen LogP contribution in [0.3, 0.4) is 0 Å². The number of anilines is 2. The fraction of sp³-hybridized carbons (Fsp3) is 0.333. The molecule has 0 aliphatic carbocycles. The van der Waals surface area contributed by atoms with Crippen LogP contribution in [0.5, 0.6) is 0 Å². The van der Waals surface area contributed by atoms with Crippen LogP contribution in [0.2, 0.25) is 0 Å². The second-order valence-electron chi connectivity index (χ2n) is 3.23. The predicted molar refractivity (Wildman–Crippen MR) is 51.3 cm³/mol. The van der Waals surface area contributed by atoms with Gasteiger partial charge in [0.25, 0.3) is 5.92 Å². The van der Waals surface area contributed by atoms with Gasteiger partial charge in [-0.3, -0.25) is 0 Å². The number of rotatable bonds is 4. The first-order chi connectivity index (χ1) is 7.35. The van der Waals surface area contributed by atoms with Gasteiger partial charge in [-0.25, -0.2) is 17.6 Å². The van der Waals surface area contributed by atoms with Crippen molar-refractivity contribution in [1.29, 1.82) is 0 Å². The summed E-state index contributed by atoms with van der Waals surface area (Å²) in [5.74, 6) is -5.57. The highest BCUT2D eigenvalue weighted by atomic mass is 19.3. The van der Waals surface area contributed by atoms with Crippen molar-refractivity contribution < 1.29 is 22.7 Å². The summed E-state index contributed by atoms with van der Waals surface area (Å²) in [6.45, 7) is -2.47. The first-order valence-electron chi connectivity index (χ1n) is 4.33. The number of hydrogen-bond donors (Lipinski definition) is 3. The minimum absolute atomic E-state index is 0.144. The number of hydrogen-bond acceptors (Lipinski definition) is 3. The number of benzene rings is 1. The minimum Gasteiger partial charge on any atom is -0.399 e. The van der Waals surface area contributed by atoms with Crippen molar-refractivity contribution in [3.05, 3.63) is 23.8 Å². The zero-order valence-electron chi connectivity index (χ0n) is 8.11. The van der Waals surface area contributed by atoms with Gasteiger partial charge in [-0.05, 0) is 12.1 Å². The van der Waals surface area contributed by atoms with Crippen LogP contribution in [0, 0.1) is 11.6 Å². The molecule has 0 heterocycles. The van der Waals surface area contributed by atoms with E-state index in [9.17, 15) is 17.6 Å². The van der Waals surface area contributed by atoms with E-state index in [4.69, 9.17) is 10.8 Å². The topological polar surface area (TPSA) is 58.3 Å². The van der Waals surface area contributed by atoms with E-state index in [-0.39, 0.29) is 5.69 Å². The summed E-state index contributed by atoms with van der Waals surface area (Å²) in [5, 5.41) is 10.1. The van der Waals surface area contributed by atoms with Crippen LogP contribution in [-0.4, -0.2) is 24.2 Å². The number of nitrogens with two attached hydrogens (primary N) is 1. The van der Waals surface area contributed by atoms with E-state index < -0.39 is 36.4 Å². The van der Waals surface area contributed by atoms with Crippen LogP contribution in [-0.2, 0) is 0 Å². The molecule has 1 rings (SSSR count). The van der Waals surface area contributed by atoms with E-state index >= 15 is 0 Å². The quantitative estimate of drug-likeness (QED) is 0.551. The van der Waals surface area contributed by atoms with Crippen LogP contribution in [0.25, 0.3) is 0 Å². The normalized spacial score (nSPS) is 11.6. The van der Waals surface area contributed by atoms with Crippen LogP contribution in [0.15, 0.2) is 12.1 Å². The average Bonchev–Trinajstić information content (AvgIpc) is 2.16. The second kappa shape index (κ2) is 4.56. The van der Waals surface area contributed by atoms with Gasteiger partial charge in [-0.1, -0.05) is 0 Å². The predicted octanol–water partition coefficient (Wildman–Crippen LogP) is 1.59. The van der Waals surface area contributed by atoms with Gasteiger partial charge < -0.3 is 16.2 Å². The van der Waals surface area contributed by atoms with Gasteiger partial charge in [0.1, 0.15) is 12.3 Å². The standard InChI is InChI=1S/C9H10F4N2O/c10-6-1-5(14)2-7(11)8(6)15-3-9(12,13)4-16/h1-2,15-16H,3-4,14H2. The van der Waals surface area contributed by atoms with E-state index in [2.05, 4.69) is 0 Å². The Morgan fingerprint density at radius 2 is 1.75 bits per heavy atom. The smallest absolute Gasteiger partial charge is 0.287 e. The zero-order valence-corrected chi connectivity index (χ0v) is 8.11. The number of alkyl halides is 2. The van der Waals surface area contributed by atoms with Crippen LogP contribution < -0.4 is 11.1 Å². The third kappa shape index (κ3) is 2.99. The van der Waals surface area contributed by atoms with Crippen molar-refractivity contribution in [3.63, 3.8) is 0 Å². The number of nitrogen functional groups attached to an aromatic ring is 1. The molecule has 0 aliphatic rings. The third-order valence-electron chi connectivity index (χ3n) is 1.82. The molecule has 7 heteroatoms. The molecule has 0 aliphatic heterocycles. The summed E-state index contributed by atoms with van der Waals surface area (Å²) in [5.41, 5.74) is 4.30. The van der Waals surface area contributed by atoms with Gasteiger partial charge in [0, 0.05) is 5.69 Å². The van der Waals surface area contributed by atoms with Crippen LogP contribution in [0.4, 0.5) is 28.9 Å². The summed E-state index contributed by atoms with van der Waals surface area (Å²) in [7, 11) is 0. The molecular formula is C9H10F4N2O. The molecule has 0 aromatic heterocycles. The summed E-state index contributed by atoms with van der Waals surface area (Å²) < 4.78 is 51.4. The Morgan fingerprint density at radius 3 is 2.19 bits per heavy atom. The lowest BCUT2D eigenvalue weighted by molar-refractivity contribution is -0.0373. The number of nitrogens with one attached hydrogen (secondary N) is 1. The molecule has 0 unspecified atom stereocenters. The lowest BCUT2D eigenvalue weighted by atomic mass is 10.2. The molecule has 16 heavy (non-hydrogen) atoms. The molecule has 1 aromatic rings. The Morgan fingerprint density at radius 1 is 1.25 bits per heavy atom. The monoisotopic (exact) mass is 238 g/mol. The average molecular weight is 238 g/mol. The highest BCUT2D eigenvalue weighted by Crippen LogP contribution is 2.23. The Hall–Kier alpha value is -1.50. The summed E-state index contributed by atoms with van der Waals surface area (Å²) >= 11 is 0. The van der Waals surface area contributed by atoms with Crippen LogP contribution in [0.1, 0.15) is 0 Å². The lowest BCUT2D eigenvalue weighted by Gasteiger charge is -2.15. The maximum absolute atomic E-state index is 13.1. The summed E-state index contributed by atoms with van der Waals surface area (Å²) in [4.78, 5) is 0. The molecule has 4 N–H and O–H groups in total. The first kappa shape index (κ1) is 12.6. The van der Waals surface area contributed by atoms with Crippen molar-refractivity contribution in [3.8, 4) is 0 Å². The van der Waals surface area contributed by atoms with E-state index in [0.717, 1.165) is 12.1 Å². The van der Waals surface area contributed by atoms with Crippen molar-refractivity contribution in [2.75, 3.05) is 24.2 Å². The molecule has 1 aromatic carbocycles. The van der Waals surface area contributed by atoms with Gasteiger partial charge >= 0.3 is 0 Å². The van der Waals surface area contributed by atoms with Crippen molar-refractivity contribution >= 4 is 11.4 Å². The Labute approximate surface area is 88.9 Å². The molecule has 0 radical (unpaired) electrons. The summed E-state index contributed by atoms with van der Waals surface area (Å²) in [6, 6.07) is 1.62. The Kier molecular flexibility index (Phi) is 3.58. The largest absolute Gasteiger partial charge is 0.399 e. The van der Waals surface area contributed by atoms with Gasteiger partial charge in [0.15, 0.2) is 11.6 Å². The molecule has 0 amide bonds. The van der Waals surface area contributed by atoms with Gasteiger partial charge in [-0.2, -0.15) is 0 Å². The van der Waals surface area contributed by atoms with Crippen molar-refractivity contribution in [2.45, 2.75) is 5.92 Å². The molecule has 90 valence electrons. The lowest BCUT2D eigenvalue weighted by Crippen LogP contribution is -2.31. The molecule has 0 spiro atoms. The maximum atomic E-state index is 13.1.